The summed E-state index contributed by atoms with van der Waals surface area (Å²) < 4.78 is 1.91. The fourth-order valence-corrected chi connectivity index (χ4v) is 2.99. The Hall–Kier alpha value is -2.31. The summed E-state index contributed by atoms with van der Waals surface area (Å²) in [5.74, 6) is 1.11. The maximum absolute atomic E-state index is 11.5. The Labute approximate surface area is 123 Å². The first kappa shape index (κ1) is 13.7. The van der Waals surface area contributed by atoms with E-state index in [1.54, 1.807) is 6.20 Å². The number of hydrogen-bond acceptors (Lipinski definition) is 5. The van der Waals surface area contributed by atoms with Crippen LogP contribution in [0.5, 0.6) is 0 Å². The minimum absolute atomic E-state index is 0.174. The van der Waals surface area contributed by atoms with Crippen LogP contribution in [0.1, 0.15) is 25.7 Å². The Kier molecular flexibility index (Phi) is 3.64. The van der Waals surface area contributed by atoms with Crippen molar-refractivity contribution in [3.05, 3.63) is 18.6 Å². The molecule has 2 aromatic heterocycles. The van der Waals surface area contributed by atoms with Crippen molar-refractivity contribution in [3.8, 4) is 0 Å². The van der Waals surface area contributed by atoms with Gasteiger partial charge in [-0.05, 0) is 12.8 Å². The van der Waals surface area contributed by atoms with Gasteiger partial charge >= 0.3 is 0 Å². The van der Waals surface area contributed by atoms with E-state index < -0.39 is 0 Å². The van der Waals surface area contributed by atoms with Gasteiger partial charge in [0.1, 0.15) is 5.82 Å². The zero-order chi connectivity index (χ0) is 14.8. The van der Waals surface area contributed by atoms with E-state index in [1.165, 1.54) is 12.8 Å². The number of carbonyl (C=O) groups excluding carboxylic acids is 1. The van der Waals surface area contributed by atoms with Crippen LogP contribution < -0.4 is 16.0 Å². The average molecular weight is 288 g/mol. The summed E-state index contributed by atoms with van der Waals surface area (Å²) >= 11 is 0. The molecule has 0 atom stereocenters. The molecular weight excluding hydrogens is 268 g/mol. The molecule has 1 aliphatic carbocycles. The van der Waals surface area contributed by atoms with Crippen LogP contribution in [0.25, 0.3) is 5.65 Å². The van der Waals surface area contributed by atoms with Gasteiger partial charge in [0.05, 0.1) is 12.7 Å². The number of rotatable bonds is 5. The van der Waals surface area contributed by atoms with Gasteiger partial charge in [-0.3, -0.25) is 4.79 Å². The van der Waals surface area contributed by atoms with Gasteiger partial charge in [-0.15, -0.1) is 0 Å². The Bertz CT molecular complexity index is 646. The topological polar surface area (TPSA) is 88.5 Å². The van der Waals surface area contributed by atoms with Crippen LogP contribution in [0.15, 0.2) is 18.6 Å². The molecule has 0 saturated heterocycles. The summed E-state index contributed by atoms with van der Waals surface area (Å²) in [6, 6.07) is 0.303. The van der Waals surface area contributed by atoms with E-state index in [1.807, 2.05) is 28.7 Å². The van der Waals surface area contributed by atoms with Crippen molar-refractivity contribution in [1.29, 1.82) is 0 Å². The van der Waals surface area contributed by atoms with E-state index in [9.17, 15) is 4.79 Å². The first-order chi connectivity index (χ1) is 10.2. The van der Waals surface area contributed by atoms with Crippen LogP contribution in [0, 0.1) is 0 Å². The van der Waals surface area contributed by atoms with Gasteiger partial charge in [0, 0.05) is 25.5 Å². The molecule has 112 valence electrons. The van der Waals surface area contributed by atoms with E-state index in [2.05, 4.69) is 15.3 Å². The number of nitrogens with zero attached hydrogens (tertiary/aromatic N) is 4. The lowest BCUT2D eigenvalue weighted by Crippen LogP contribution is -2.41. The molecule has 0 aliphatic heterocycles. The fraction of sp³-hybridized carbons (Fsp3) is 0.500. The number of hydrogen-bond donors (Lipinski definition) is 2. The van der Waals surface area contributed by atoms with Crippen LogP contribution in [0.4, 0.5) is 11.6 Å². The zero-order valence-electron chi connectivity index (χ0n) is 12.1. The molecule has 0 unspecified atom stereocenters. The predicted octanol–water partition coefficient (Wildman–Crippen LogP) is 1.01. The molecule has 3 N–H and O–H groups in total. The van der Waals surface area contributed by atoms with Gasteiger partial charge in [0.25, 0.3) is 0 Å². The molecule has 1 amide bonds. The molecule has 7 heteroatoms. The fourth-order valence-electron chi connectivity index (χ4n) is 2.99. The van der Waals surface area contributed by atoms with Gasteiger partial charge in [-0.1, -0.05) is 12.8 Å². The van der Waals surface area contributed by atoms with E-state index >= 15 is 0 Å². The van der Waals surface area contributed by atoms with Crippen molar-refractivity contribution in [3.63, 3.8) is 0 Å². The highest BCUT2D eigenvalue weighted by Crippen LogP contribution is 2.29. The van der Waals surface area contributed by atoms with Crippen molar-refractivity contribution in [1.82, 2.24) is 14.4 Å². The number of nitrogens with two attached hydrogens (primary N) is 1. The van der Waals surface area contributed by atoms with Crippen LogP contribution in [-0.2, 0) is 4.79 Å². The second-order valence-electron chi connectivity index (χ2n) is 5.39. The number of aromatic nitrogens is 3. The van der Waals surface area contributed by atoms with Crippen LogP contribution >= 0.6 is 0 Å². The average Bonchev–Trinajstić information content (AvgIpc) is 3.14. The van der Waals surface area contributed by atoms with Gasteiger partial charge < -0.3 is 20.4 Å². The molecular formula is C14H20N6O. The lowest BCUT2D eigenvalue weighted by molar-refractivity contribution is -0.116. The quantitative estimate of drug-likeness (QED) is 0.857. The maximum Gasteiger partial charge on any atom is 0.237 e. The smallest absolute Gasteiger partial charge is 0.237 e. The number of amides is 1. The summed E-state index contributed by atoms with van der Waals surface area (Å²) in [6.45, 7) is 0.174. The lowest BCUT2D eigenvalue weighted by atomic mass is 10.2. The second-order valence-corrected chi connectivity index (χ2v) is 5.39. The molecule has 21 heavy (non-hydrogen) atoms. The monoisotopic (exact) mass is 288 g/mol. The summed E-state index contributed by atoms with van der Waals surface area (Å²) in [5, 5.41) is 3.05. The van der Waals surface area contributed by atoms with Crippen molar-refractivity contribution >= 4 is 23.2 Å². The van der Waals surface area contributed by atoms with Crippen LogP contribution in [0.2, 0.25) is 0 Å². The third kappa shape index (κ3) is 2.63. The van der Waals surface area contributed by atoms with E-state index in [4.69, 9.17) is 5.73 Å². The summed E-state index contributed by atoms with van der Waals surface area (Å²) in [5.41, 5.74) is 6.19. The SMILES string of the molecule is CNc1cn2ccnc2c(N(CC(N)=O)C2CCCC2)n1. The van der Waals surface area contributed by atoms with Crippen LogP contribution in [0.3, 0.4) is 0 Å². The molecule has 1 fully saturated rings. The molecule has 1 saturated carbocycles. The Morgan fingerprint density at radius 2 is 2.29 bits per heavy atom. The molecule has 3 rings (SSSR count). The molecule has 0 spiro atoms. The van der Waals surface area contributed by atoms with Crippen LogP contribution in [-0.4, -0.2) is 39.9 Å². The van der Waals surface area contributed by atoms with Crippen molar-refractivity contribution in [2.45, 2.75) is 31.7 Å². The number of anilines is 2. The number of nitrogens with one attached hydrogen (secondary N) is 1. The van der Waals surface area contributed by atoms with Gasteiger partial charge in [-0.25, -0.2) is 9.97 Å². The standard InChI is InChI=1S/C14H20N6O/c1-16-12-9-19-7-6-17-13(19)14(18-12)20(8-11(15)21)10-4-2-3-5-10/h6-7,9-10,16H,2-5,8H2,1H3,(H2,15,21). The molecule has 1 aliphatic rings. The predicted molar refractivity (Wildman–Crippen MR) is 81.3 cm³/mol. The molecule has 0 aromatic carbocycles. The van der Waals surface area contributed by atoms with Gasteiger partial charge in [0.2, 0.25) is 5.91 Å². The number of primary amides is 1. The van der Waals surface area contributed by atoms with E-state index in [0.717, 1.165) is 30.1 Å². The van der Waals surface area contributed by atoms with Crippen molar-refractivity contribution < 1.29 is 4.79 Å². The summed E-state index contributed by atoms with van der Waals surface area (Å²) in [6.07, 6.45) is 9.96. The minimum Gasteiger partial charge on any atom is -0.372 e. The highest BCUT2D eigenvalue weighted by molar-refractivity contribution is 5.81. The Balaban J connectivity index is 2.08. The summed E-state index contributed by atoms with van der Waals surface area (Å²) in [4.78, 5) is 22.5. The largest absolute Gasteiger partial charge is 0.372 e. The number of imidazole rings is 1. The van der Waals surface area contributed by atoms with Crippen molar-refractivity contribution in [2.24, 2.45) is 5.73 Å². The third-order valence-electron chi connectivity index (χ3n) is 3.98. The highest BCUT2D eigenvalue weighted by atomic mass is 16.1. The highest BCUT2D eigenvalue weighted by Gasteiger charge is 2.27. The first-order valence-electron chi connectivity index (χ1n) is 7.25. The number of fused-ring (bicyclic) bond motifs is 1. The van der Waals surface area contributed by atoms with E-state index in [-0.39, 0.29) is 12.5 Å². The third-order valence-corrected chi connectivity index (χ3v) is 3.98. The first-order valence-corrected chi connectivity index (χ1v) is 7.25. The molecule has 2 aromatic rings. The van der Waals surface area contributed by atoms with Crippen molar-refractivity contribution in [2.75, 3.05) is 23.8 Å². The van der Waals surface area contributed by atoms with Gasteiger partial charge in [0.15, 0.2) is 11.5 Å². The second kappa shape index (κ2) is 5.59. The Morgan fingerprint density at radius 1 is 1.52 bits per heavy atom. The van der Waals surface area contributed by atoms with E-state index in [0.29, 0.717) is 6.04 Å². The molecule has 2 heterocycles. The molecule has 7 nitrogen and oxygen atoms in total. The maximum atomic E-state index is 11.5. The lowest BCUT2D eigenvalue weighted by Gasteiger charge is -2.29. The minimum atomic E-state index is -0.344. The Morgan fingerprint density at radius 3 is 2.95 bits per heavy atom. The summed E-state index contributed by atoms with van der Waals surface area (Å²) in [7, 11) is 1.82. The zero-order valence-corrected chi connectivity index (χ0v) is 12.1. The molecule has 0 radical (unpaired) electrons. The van der Waals surface area contributed by atoms with Gasteiger partial charge in [-0.2, -0.15) is 0 Å². The normalized spacial score (nSPS) is 15.5. The molecule has 0 bridgehead atoms. The number of carbonyl (C=O) groups is 1.